The fourth-order valence-electron chi connectivity index (χ4n) is 0.981. The van der Waals surface area contributed by atoms with Crippen LogP contribution in [0.5, 0.6) is 5.75 Å². The summed E-state index contributed by atoms with van der Waals surface area (Å²) in [6.07, 6.45) is -4.77. The Labute approximate surface area is 93.9 Å². The Bertz CT molecular complexity index is 436. The van der Waals surface area contributed by atoms with Crippen LogP contribution in [0.3, 0.4) is 0 Å². The molecule has 1 aromatic rings. The van der Waals surface area contributed by atoms with Crippen molar-refractivity contribution in [3.05, 3.63) is 29.8 Å². The van der Waals surface area contributed by atoms with Gasteiger partial charge < -0.3 is 16.2 Å². The Morgan fingerprint density at radius 2 is 1.71 bits per heavy atom. The lowest BCUT2D eigenvalue weighted by atomic mass is 10.2. The molecule has 0 spiro atoms. The molecule has 17 heavy (non-hydrogen) atoms. The van der Waals surface area contributed by atoms with Gasteiger partial charge in [0, 0.05) is 5.56 Å². The largest absolute Gasteiger partial charge is 0.573 e. The number of amides is 1. The van der Waals surface area contributed by atoms with E-state index in [1.807, 2.05) is 0 Å². The number of carbonyl (C=O) groups is 1. The van der Waals surface area contributed by atoms with Crippen LogP contribution >= 0.6 is 0 Å². The van der Waals surface area contributed by atoms with Gasteiger partial charge in [-0.2, -0.15) is 4.99 Å². The van der Waals surface area contributed by atoms with Crippen LogP contribution in [0.1, 0.15) is 10.4 Å². The molecule has 0 radical (unpaired) electrons. The summed E-state index contributed by atoms with van der Waals surface area (Å²) in [6, 6.07) is 4.22. The Morgan fingerprint density at radius 3 is 2.12 bits per heavy atom. The third-order valence-electron chi connectivity index (χ3n) is 1.57. The van der Waals surface area contributed by atoms with E-state index in [9.17, 15) is 18.0 Å². The van der Waals surface area contributed by atoms with E-state index in [0.717, 1.165) is 24.3 Å². The fraction of sp³-hybridized carbons (Fsp3) is 0.111. The average molecular weight is 247 g/mol. The van der Waals surface area contributed by atoms with Gasteiger partial charge in [-0.3, -0.25) is 4.79 Å². The van der Waals surface area contributed by atoms with E-state index in [0.29, 0.717) is 0 Å². The fourth-order valence-corrected chi connectivity index (χ4v) is 0.981. The van der Waals surface area contributed by atoms with Crippen LogP contribution in [0.15, 0.2) is 29.3 Å². The standard InChI is InChI=1S/C9H8F3N3O2/c10-9(11,12)17-6-3-1-5(2-4-6)7(16)15-8(13)14/h1-4H,(H4,13,14,15,16). The first-order valence-corrected chi connectivity index (χ1v) is 4.28. The van der Waals surface area contributed by atoms with Crippen LogP contribution in [0, 0.1) is 0 Å². The lowest BCUT2D eigenvalue weighted by molar-refractivity contribution is -0.274. The van der Waals surface area contributed by atoms with E-state index >= 15 is 0 Å². The molecule has 1 aromatic carbocycles. The second kappa shape index (κ2) is 4.73. The molecule has 0 saturated carbocycles. The summed E-state index contributed by atoms with van der Waals surface area (Å²) in [5, 5.41) is 0. The highest BCUT2D eigenvalue weighted by atomic mass is 19.4. The monoisotopic (exact) mass is 247 g/mol. The molecular formula is C9H8F3N3O2. The molecule has 0 aliphatic carbocycles. The zero-order valence-corrected chi connectivity index (χ0v) is 8.36. The van der Waals surface area contributed by atoms with Crippen molar-refractivity contribution >= 4 is 11.9 Å². The highest BCUT2D eigenvalue weighted by Crippen LogP contribution is 2.22. The first kappa shape index (κ1) is 12.8. The number of ether oxygens (including phenoxy) is 1. The van der Waals surface area contributed by atoms with E-state index in [1.165, 1.54) is 0 Å². The number of alkyl halides is 3. The summed E-state index contributed by atoms with van der Waals surface area (Å²) >= 11 is 0. The number of hydrogen-bond donors (Lipinski definition) is 2. The number of hydrogen-bond acceptors (Lipinski definition) is 2. The molecule has 1 amide bonds. The van der Waals surface area contributed by atoms with Gasteiger partial charge >= 0.3 is 6.36 Å². The lowest BCUT2D eigenvalue weighted by Crippen LogP contribution is -2.24. The van der Waals surface area contributed by atoms with E-state index < -0.39 is 24.0 Å². The van der Waals surface area contributed by atoms with Gasteiger partial charge in [-0.1, -0.05) is 0 Å². The molecule has 0 aromatic heterocycles. The van der Waals surface area contributed by atoms with E-state index in [4.69, 9.17) is 11.5 Å². The molecule has 4 N–H and O–H groups in total. The number of aliphatic imine (C=N–C) groups is 1. The van der Waals surface area contributed by atoms with Crippen molar-refractivity contribution in [3.63, 3.8) is 0 Å². The smallest absolute Gasteiger partial charge is 0.406 e. The van der Waals surface area contributed by atoms with Crippen molar-refractivity contribution in [1.29, 1.82) is 0 Å². The Kier molecular flexibility index (Phi) is 3.56. The van der Waals surface area contributed by atoms with Crippen molar-refractivity contribution < 1.29 is 22.7 Å². The van der Waals surface area contributed by atoms with E-state index in [-0.39, 0.29) is 5.56 Å². The molecule has 0 saturated heterocycles. The lowest BCUT2D eigenvalue weighted by Gasteiger charge is -2.08. The Hall–Kier alpha value is -2.25. The predicted octanol–water partition coefficient (Wildman–Crippen LogP) is 0.999. The van der Waals surface area contributed by atoms with Gasteiger partial charge in [-0.05, 0) is 24.3 Å². The van der Waals surface area contributed by atoms with Gasteiger partial charge in [0.25, 0.3) is 5.91 Å². The van der Waals surface area contributed by atoms with Crippen molar-refractivity contribution in [2.24, 2.45) is 16.5 Å². The molecule has 92 valence electrons. The number of rotatable bonds is 2. The zero-order valence-electron chi connectivity index (χ0n) is 8.36. The quantitative estimate of drug-likeness (QED) is 0.602. The van der Waals surface area contributed by atoms with Crippen LogP contribution in [0.2, 0.25) is 0 Å². The summed E-state index contributed by atoms with van der Waals surface area (Å²) in [5.74, 6) is -1.60. The van der Waals surface area contributed by atoms with Crippen LogP contribution in [-0.2, 0) is 0 Å². The summed E-state index contributed by atoms with van der Waals surface area (Å²) in [6.45, 7) is 0. The normalized spacial score (nSPS) is 10.8. The number of nitrogens with zero attached hydrogens (tertiary/aromatic N) is 1. The summed E-state index contributed by atoms with van der Waals surface area (Å²) in [5.41, 5.74) is 10.0. The molecule has 1 rings (SSSR count). The van der Waals surface area contributed by atoms with Crippen molar-refractivity contribution in [1.82, 2.24) is 0 Å². The van der Waals surface area contributed by atoms with Crippen molar-refractivity contribution in [2.45, 2.75) is 6.36 Å². The average Bonchev–Trinajstić information content (AvgIpc) is 2.15. The summed E-state index contributed by atoms with van der Waals surface area (Å²) in [4.78, 5) is 14.5. The number of carbonyl (C=O) groups excluding carboxylic acids is 1. The minimum Gasteiger partial charge on any atom is -0.406 e. The minimum atomic E-state index is -4.77. The van der Waals surface area contributed by atoms with Gasteiger partial charge in [0.05, 0.1) is 0 Å². The summed E-state index contributed by atoms with van der Waals surface area (Å²) in [7, 11) is 0. The number of guanidine groups is 1. The van der Waals surface area contributed by atoms with Crippen LogP contribution in [0.25, 0.3) is 0 Å². The molecule has 0 aliphatic rings. The third-order valence-corrected chi connectivity index (χ3v) is 1.57. The molecule has 0 bridgehead atoms. The maximum Gasteiger partial charge on any atom is 0.573 e. The second-order valence-electron chi connectivity index (χ2n) is 2.91. The molecular weight excluding hydrogens is 239 g/mol. The topological polar surface area (TPSA) is 90.7 Å². The van der Waals surface area contributed by atoms with Gasteiger partial charge in [0.1, 0.15) is 5.75 Å². The zero-order chi connectivity index (χ0) is 13.1. The van der Waals surface area contributed by atoms with Crippen LogP contribution in [0.4, 0.5) is 13.2 Å². The first-order chi connectivity index (χ1) is 7.78. The molecule has 0 unspecified atom stereocenters. The molecule has 0 atom stereocenters. The van der Waals surface area contributed by atoms with Crippen molar-refractivity contribution in [3.8, 4) is 5.75 Å². The third kappa shape index (κ3) is 4.41. The molecule has 0 fully saturated rings. The summed E-state index contributed by atoms with van der Waals surface area (Å²) < 4.78 is 39.1. The maximum atomic E-state index is 11.8. The molecule has 5 nitrogen and oxygen atoms in total. The highest BCUT2D eigenvalue weighted by Gasteiger charge is 2.31. The Balaban J connectivity index is 2.82. The first-order valence-electron chi connectivity index (χ1n) is 4.28. The molecule has 8 heteroatoms. The van der Waals surface area contributed by atoms with E-state index in [2.05, 4.69) is 9.73 Å². The van der Waals surface area contributed by atoms with E-state index in [1.54, 1.807) is 0 Å². The second-order valence-corrected chi connectivity index (χ2v) is 2.91. The van der Waals surface area contributed by atoms with Gasteiger partial charge in [-0.25, -0.2) is 0 Å². The molecule has 0 aliphatic heterocycles. The number of nitrogens with two attached hydrogens (primary N) is 2. The maximum absolute atomic E-state index is 11.8. The van der Waals surface area contributed by atoms with Gasteiger partial charge in [0.15, 0.2) is 5.96 Å². The molecule has 0 heterocycles. The van der Waals surface area contributed by atoms with Gasteiger partial charge in [-0.15, -0.1) is 13.2 Å². The highest BCUT2D eigenvalue weighted by molar-refractivity contribution is 6.01. The van der Waals surface area contributed by atoms with Gasteiger partial charge in [0.2, 0.25) is 0 Å². The predicted molar refractivity (Wildman–Crippen MR) is 53.3 cm³/mol. The van der Waals surface area contributed by atoms with Crippen LogP contribution < -0.4 is 16.2 Å². The number of halogens is 3. The minimum absolute atomic E-state index is 0.0490. The number of benzene rings is 1. The Morgan fingerprint density at radius 1 is 1.18 bits per heavy atom. The van der Waals surface area contributed by atoms with Crippen molar-refractivity contribution in [2.75, 3.05) is 0 Å². The SMILES string of the molecule is NC(N)=NC(=O)c1ccc(OC(F)(F)F)cc1. The van der Waals surface area contributed by atoms with Crippen LogP contribution in [-0.4, -0.2) is 18.2 Å².